The van der Waals surface area contributed by atoms with Crippen LogP contribution in [0.15, 0.2) is 42.6 Å². The van der Waals surface area contributed by atoms with Gasteiger partial charge in [0.15, 0.2) is 11.6 Å². The van der Waals surface area contributed by atoms with Gasteiger partial charge in [-0.3, -0.25) is 14.7 Å². The molecule has 1 N–H and O–H groups in total. The van der Waals surface area contributed by atoms with Crippen LogP contribution in [0.1, 0.15) is 43.0 Å². The Bertz CT molecular complexity index is 826. The van der Waals surface area contributed by atoms with Crippen molar-refractivity contribution >= 4 is 5.91 Å². The number of halogens is 2. The minimum Gasteiger partial charge on any atom is -0.347 e. The lowest BCUT2D eigenvalue weighted by molar-refractivity contribution is -0.123. The zero-order chi connectivity index (χ0) is 19.5. The van der Waals surface area contributed by atoms with E-state index in [0.29, 0.717) is 18.7 Å². The molecule has 1 aliphatic carbocycles. The van der Waals surface area contributed by atoms with Crippen molar-refractivity contribution in [3.8, 4) is 0 Å². The van der Waals surface area contributed by atoms with Crippen LogP contribution in [0, 0.1) is 23.5 Å². The fourth-order valence-corrected chi connectivity index (χ4v) is 4.03. The van der Waals surface area contributed by atoms with Crippen LogP contribution in [0.4, 0.5) is 8.78 Å². The summed E-state index contributed by atoms with van der Waals surface area (Å²) >= 11 is 0. The molecule has 2 heterocycles. The second kappa shape index (κ2) is 8.35. The summed E-state index contributed by atoms with van der Waals surface area (Å²) in [6, 6.07) is 9.90. The number of hydrogen-bond acceptors (Lipinski definition) is 3. The molecular formula is C22H25F2N3O. The highest BCUT2D eigenvalue weighted by Crippen LogP contribution is 2.33. The number of carbonyl (C=O) groups is 1. The summed E-state index contributed by atoms with van der Waals surface area (Å²) in [6.45, 7) is 1.91. The molecule has 28 heavy (non-hydrogen) atoms. The molecule has 4 nitrogen and oxygen atoms in total. The molecule has 1 aromatic heterocycles. The quantitative estimate of drug-likeness (QED) is 0.822. The molecule has 1 aromatic carbocycles. The van der Waals surface area contributed by atoms with E-state index in [1.165, 1.54) is 0 Å². The molecule has 0 unspecified atom stereocenters. The van der Waals surface area contributed by atoms with Crippen LogP contribution in [0.25, 0.3) is 0 Å². The lowest BCUT2D eigenvalue weighted by Gasteiger charge is -2.37. The number of pyridine rings is 1. The lowest BCUT2D eigenvalue weighted by Crippen LogP contribution is -2.43. The molecular weight excluding hydrogens is 360 g/mol. The van der Waals surface area contributed by atoms with Gasteiger partial charge in [-0.2, -0.15) is 0 Å². The molecule has 0 bridgehead atoms. The third-order valence-corrected chi connectivity index (χ3v) is 5.69. The molecule has 4 rings (SSSR count). The lowest BCUT2D eigenvalue weighted by atomic mass is 9.88. The molecule has 1 amide bonds. The van der Waals surface area contributed by atoms with Crippen LogP contribution in [0.5, 0.6) is 0 Å². The first kappa shape index (κ1) is 19.0. The summed E-state index contributed by atoms with van der Waals surface area (Å²) in [5, 5.41) is 3.21. The summed E-state index contributed by atoms with van der Waals surface area (Å²) in [7, 11) is 0. The van der Waals surface area contributed by atoms with Crippen LogP contribution in [0.3, 0.4) is 0 Å². The number of carbonyl (C=O) groups excluding carboxylic acids is 1. The van der Waals surface area contributed by atoms with E-state index in [1.54, 1.807) is 18.3 Å². The normalized spacial score (nSPS) is 21.3. The highest BCUT2D eigenvalue weighted by atomic mass is 19.2. The van der Waals surface area contributed by atoms with Gasteiger partial charge in [0, 0.05) is 30.8 Å². The number of likely N-dealkylation sites (tertiary alicyclic amines) is 1. The van der Waals surface area contributed by atoms with Crippen LogP contribution < -0.4 is 5.32 Å². The van der Waals surface area contributed by atoms with Gasteiger partial charge < -0.3 is 5.32 Å². The Morgan fingerprint density at radius 1 is 1.18 bits per heavy atom. The third-order valence-electron chi connectivity index (χ3n) is 5.69. The number of nitrogens with zero attached hydrogens (tertiary/aromatic N) is 2. The standard InChI is InChI=1S/C22H25F2N3O/c23-18-7-3-5-16(20(18)24)13-27-12-4-6-17(14-27)21(19-8-1-2-11-25-19)26-22(28)15-9-10-15/h1-3,5,7-8,11,15,17,21H,4,6,9-10,12-14H2,(H,26,28)/t17-,21+/m0/s1. The Hall–Kier alpha value is -2.34. The highest BCUT2D eigenvalue weighted by molar-refractivity contribution is 5.81. The Morgan fingerprint density at radius 3 is 2.79 bits per heavy atom. The summed E-state index contributed by atoms with van der Waals surface area (Å²) in [4.78, 5) is 19.1. The van der Waals surface area contributed by atoms with Gasteiger partial charge in [0.05, 0.1) is 11.7 Å². The van der Waals surface area contributed by atoms with E-state index in [4.69, 9.17) is 0 Å². The number of hydrogen-bond donors (Lipinski definition) is 1. The van der Waals surface area contributed by atoms with Gasteiger partial charge >= 0.3 is 0 Å². The van der Waals surface area contributed by atoms with Gasteiger partial charge in [-0.15, -0.1) is 0 Å². The van der Waals surface area contributed by atoms with Crippen molar-refractivity contribution in [1.29, 1.82) is 0 Å². The van der Waals surface area contributed by atoms with E-state index in [9.17, 15) is 13.6 Å². The number of nitrogens with one attached hydrogen (secondary N) is 1. The average Bonchev–Trinajstić information content (AvgIpc) is 3.56. The molecule has 2 aromatic rings. The SMILES string of the molecule is O=C(N[C@@H](c1ccccn1)[C@H]1CCCN(Cc2cccc(F)c2F)C1)C1CC1. The van der Waals surface area contributed by atoms with Crippen molar-refractivity contribution in [1.82, 2.24) is 15.2 Å². The molecule has 1 saturated heterocycles. The van der Waals surface area contributed by atoms with E-state index in [2.05, 4.69) is 15.2 Å². The van der Waals surface area contributed by atoms with Crippen molar-refractivity contribution in [3.63, 3.8) is 0 Å². The minimum absolute atomic E-state index is 0.101. The van der Waals surface area contributed by atoms with E-state index in [0.717, 1.165) is 44.0 Å². The second-order valence-corrected chi connectivity index (χ2v) is 7.87. The topological polar surface area (TPSA) is 45.2 Å². The predicted octanol–water partition coefficient (Wildman–Crippen LogP) is 3.84. The van der Waals surface area contributed by atoms with Crippen LogP contribution in [-0.4, -0.2) is 28.9 Å². The van der Waals surface area contributed by atoms with Gasteiger partial charge in [0.25, 0.3) is 0 Å². The van der Waals surface area contributed by atoms with E-state index < -0.39 is 11.6 Å². The first-order valence-electron chi connectivity index (χ1n) is 9.98. The fraction of sp³-hybridized carbons (Fsp3) is 0.455. The maximum atomic E-state index is 14.1. The summed E-state index contributed by atoms with van der Waals surface area (Å²) in [6.07, 6.45) is 5.57. The zero-order valence-electron chi connectivity index (χ0n) is 15.8. The minimum atomic E-state index is -0.811. The summed E-state index contributed by atoms with van der Waals surface area (Å²) < 4.78 is 27.6. The van der Waals surface area contributed by atoms with Gasteiger partial charge in [-0.1, -0.05) is 18.2 Å². The smallest absolute Gasteiger partial charge is 0.223 e. The number of piperidine rings is 1. The monoisotopic (exact) mass is 385 g/mol. The van der Waals surface area contributed by atoms with Crippen molar-refractivity contribution in [2.75, 3.05) is 13.1 Å². The Balaban J connectivity index is 1.49. The van der Waals surface area contributed by atoms with Crippen molar-refractivity contribution in [3.05, 3.63) is 65.5 Å². The molecule has 6 heteroatoms. The van der Waals surface area contributed by atoms with Gasteiger partial charge in [0.2, 0.25) is 5.91 Å². The van der Waals surface area contributed by atoms with E-state index in [1.807, 2.05) is 18.2 Å². The highest BCUT2D eigenvalue weighted by Gasteiger charge is 2.35. The number of amides is 1. The van der Waals surface area contributed by atoms with Gasteiger partial charge in [-0.05, 0) is 56.3 Å². The maximum absolute atomic E-state index is 14.1. The largest absolute Gasteiger partial charge is 0.347 e. The first-order chi connectivity index (χ1) is 13.6. The van der Waals surface area contributed by atoms with Gasteiger partial charge in [-0.25, -0.2) is 8.78 Å². The molecule has 0 spiro atoms. The zero-order valence-corrected chi connectivity index (χ0v) is 15.8. The van der Waals surface area contributed by atoms with Crippen molar-refractivity contribution in [2.24, 2.45) is 11.8 Å². The average molecular weight is 385 g/mol. The molecule has 1 saturated carbocycles. The second-order valence-electron chi connectivity index (χ2n) is 7.87. The maximum Gasteiger partial charge on any atom is 0.223 e. The van der Waals surface area contributed by atoms with Crippen LogP contribution >= 0.6 is 0 Å². The molecule has 2 aliphatic rings. The Morgan fingerprint density at radius 2 is 2.04 bits per heavy atom. The molecule has 2 atom stereocenters. The Kier molecular flexibility index (Phi) is 5.67. The predicted molar refractivity (Wildman–Crippen MR) is 102 cm³/mol. The van der Waals surface area contributed by atoms with Crippen LogP contribution in [0.2, 0.25) is 0 Å². The molecule has 0 radical (unpaired) electrons. The van der Waals surface area contributed by atoms with Crippen LogP contribution in [-0.2, 0) is 11.3 Å². The molecule has 148 valence electrons. The number of benzene rings is 1. The number of rotatable bonds is 6. The molecule has 2 fully saturated rings. The fourth-order valence-electron chi connectivity index (χ4n) is 4.03. The third kappa shape index (κ3) is 4.38. The van der Waals surface area contributed by atoms with Gasteiger partial charge in [0.1, 0.15) is 0 Å². The first-order valence-corrected chi connectivity index (χ1v) is 9.98. The number of aromatic nitrogens is 1. The van der Waals surface area contributed by atoms with Crippen molar-refractivity contribution in [2.45, 2.75) is 38.3 Å². The summed E-state index contributed by atoms with van der Waals surface area (Å²) in [5.74, 6) is -1.17. The van der Waals surface area contributed by atoms with E-state index in [-0.39, 0.29) is 23.8 Å². The Labute approximate surface area is 164 Å². The van der Waals surface area contributed by atoms with E-state index >= 15 is 0 Å². The van der Waals surface area contributed by atoms with Crippen molar-refractivity contribution < 1.29 is 13.6 Å². The summed E-state index contributed by atoms with van der Waals surface area (Å²) in [5.41, 5.74) is 1.23. The molecule has 1 aliphatic heterocycles.